The number of ether oxygens (including phenoxy) is 1. The van der Waals surface area contributed by atoms with Gasteiger partial charge in [-0.1, -0.05) is 13.8 Å². The highest BCUT2D eigenvalue weighted by Crippen LogP contribution is 2.22. The molecule has 2 fully saturated rings. The van der Waals surface area contributed by atoms with Gasteiger partial charge in [-0.2, -0.15) is 0 Å². The molecule has 0 amide bonds. The third-order valence-corrected chi connectivity index (χ3v) is 4.31. The molecule has 4 nitrogen and oxygen atoms in total. The van der Waals surface area contributed by atoms with E-state index in [-0.39, 0.29) is 42.9 Å². The molecule has 6 heteroatoms. The number of hydrogen-bond donors (Lipinski definition) is 2. The van der Waals surface area contributed by atoms with Crippen LogP contribution in [0.4, 0.5) is 0 Å². The molecule has 22 heavy (non-hydrogen) atoms. The van der Waals surface area contributed by atoms with Crippen LogP contribution in [0, 0.1) is 5.92 Å². The van der Waals surface area contributed by atoms with Gasteiger partial charge in [0.05, 0.1) is 0 Å². The second-order valence-corrected chi connectivity index (χ2v) is 6.74. The van der Waals surface area contributed by atoms with E-state index in [2.05, 4.69) is 24.5 Å². The van der Waals surface area contributed by atoms with Gasteiger partial charge in [-0.25, -0.2) is 0 Å². The highest BCUT2D eigenvalue weighted by molar-refractivity contribution is 5.85. The Kier molecular flexibility index (Phi) is 11.5. The lowest BCUT2D eigenvalue weighted by molar-refractivity contribution is -0.152. The summed E-state index contributed by atoms with van der Waals surface area (Å²) in [5.41, 5.74) is 0. The van der Waals surface area contributed by atoms with Crippen LogP contribution in [0.2, 0.25) is 0 Å². The minimum absolute atomic E-state index is 0. The summed E-state index contributed by atoms with van der Waals surface area (Å²) < 4.78 is 5.69. The summed E-state index contributed by atoms with van der Waals surface area (Å²) in [6.45, 7) is 6.39. The largest absolute Gasteiger partial charge is 0.461 e. The van der Waals surface area contributed by atoms with Crippen LogP contribution in [-0.4, -0.2) is 37.2 Å². The highest BCUT2D eigenvalue weighted by Gasteiger charge is 2.28. The molecule has 0 aromatic rings. The number of esters is 1. The maximum atomic E-state index is 12.4. The average molecular weight is 355 g/mol. The molecule has 2 rings (SSSR count). The van der Waals surface area contributed by atoms with Crippen LogP contribution in [0.15, 0.2) is 0 Å². The van der Waals surface area contributed by atoms with Crippen LogP contribution in [0.1, 0.15) is 58.8 Å². The molecule has 1 saturated carbocycles. The Labute approximate surface area is 147 Å². The number of carbonyl (C=O) groups is 1. The van der Waals surface area contributed by atoms with Crippen LogP contribution in [0.5, 0.6) is 0 Å². The molecule has 0 aromatic carbocycles. The van der Waals surface area contributed by atoms with E-state index in [0.717, 1.165) is 38.8 Å². The van der Waals surface area contributed by atoms with E-state index < -0.39 is 0 Å². The fourth-order valence-electron chi connectivity index (χ4n) is 3.23. The Bertz CT molecular complexity index is 305. The Balaban J connectivity index is 0.00000220. The zero-order chi connectivity index (χ0) is 14.4. The molecule has 132 valence electrons. The molecule has 0 radical (unpaired) electrons. The third kappa shape index (κ3) is 7.49. The molecule has 2 N–H and O–H groups in total. The topological polar surface area (TPSA) is 50.4 Å². The monoisotopic (exact) mass is 354 g/mol. The lowest BCUT2D eigenvalue weighted by Gasteiger charge is -2.29. The fourth-order valence-corrected chi connectivity index (χ4v) is 3.23. The summed E-state index contributed by atoms with van der Waals surface area (Å²) in [4.78, 5) is 12.4. The summed E-state index contributed by atoms with van der Waals surface area (Å²) in [5, 5.41) is 6.91. The summed E-state index contributed by atoms with van der Waals surface area (Å²) >= 11 is 0. The van der Waals surface area contributed by atoms with Crippen LogP contribution in [0.3, 0.4) is 0 Å². The normalized spacial score (nSPS) is 23.5. The Morgan fingerprint density at radius 1 is 1.18 bits per heavy atom. The third-order valence-electron chi connectivity index (χ3n) is 4.31. The lowest BCUT2D eigenvalue weighted by Crippen LogP contribution is -2.51. The maximum absolute atomic E-state index is 12.4. The molecule has 1 saturated heterocycles. The molecule has 0 spiro atoms. The minimum atomic E-state index is -0.138. The predicted octanol–water partition coefficient (Wildman–Crippen LogP) is 3.07. The lowest BCUT2D eigenvalue weighted by atomic mass is 10.0. The van der Waals surface area contributed by atoms with Gasteiger partial charge in [0.2, 0.25) is 0 Å². The van der Waals surface area contributed by atoms with Gasteiger partial charge in [-0.05, 0) is 57.4 Å². The molecular formula is C16H32Cl2N2O2. The SMILES string of the molecule is CC(C)C[C@H](NC1CCCNC1)C(=O)OC1CCCC1.Cl.Cl. The number of piperidine rings is 1. The minimum Gasteiger partial charge on any atom is -0.461 e. The van der Waals surface area contributed by atoms with E-state index in [0.29, 0.717) is 12.0 Å². The van der Waals surface area contributed by atoms with Gasteiger partial charge in [0.1, 0.15) is 12.1 Å². The van der Waals surface area contributed by atoms with Crippen molar-refractivity contribution in [1.82, 2.24) is 10.6 Å². The molecule has 1 aliphatic heterocycles. The number of rotatable bonds is 6. The quantitative estimate of drug-likeness (QED) is 0.719. The van der Waals surface area contributed by atoms with Gasteiger partial charge in [0.15, 0.2) is 0 Å². The second kappa shape index (κ2) is 11.5. The molecule has 1 unspecified atom stereocenters. The van der Waals surface area contributed by atoms with Crippen molar-refractivity contribution in [3.05, 3.63) is 0 Å². The van der Waals surface area contributed by atoms with Gasteiger partial charge >= 0.3 is 5.97 Å². The van der Waals surface area contributed by atoms with Gasteiger partial charge < -0.3 is 15.4 Å². The van der Waals surface area contributed by atoms with Crippen molar-refractivity contribution >= 4 is 30.8 Å². The van der Waals surface area contributed by atoms with Crippen molar-refractivity contribution in [3.63, 3.8) is 0 Å². The Morgan fingerprint density at radius 2 is 1.86 bits per heavy atom. The number of carbonyl (C=O) groups excluding carboxylic acids is 1. The number of nitrogens with one attached hydrogen (secondary N) is 2. The van der Waals surface area contributed by atoms with Gasteiger partial charge in [-0.15, -0.1) is 24.8 Å². The smallest absolute Gasteiger partial charge is 0.323 e. The van der Waals surface area contributed by atoms with Crippen molar-refractivity contribution in [2.45, 2.75) is 77.0 Å². The van der Waals surface area contributed by atoms with Crippen molar-refractivity contribution in [2.24, 2.45) is 5.92 Å². The maximum Gasteiger partial charge on any atom is 0.323 e. The van der Waals surface area contributed by atoms with Crippen LogP contribution < -0.4 is 10.6 Å². The number of hydrogen-bond acceptors (Lipinski definition) is 4. The van der Waals surface area contributed by atoms with E-state index >= 15 is 0 Å². The van der Waals surface area contributed by atoms with E-state index in [1.807, 2.05) is 0 Å². The first-order valence-electron chi connectivity index (χ1n) is 8.32. The molecular weight excluding hydrogens is 323 g/mol. The molecule has 0 bridgehead atoms. The molecule has 1 heterocycles. The molecule has 1 aliphatic carbocycles. The first-order chi connectivity index (χ1) is 9.65. The van der Waals surface area contributed by atoms with Crippen molar-refractivity contribution in [1.29, 1.82) is 0 Å². The van der Waals surface area contributed by atoms with Crippen LogP contribution in [0.25, 0.3) is 0 Å². The summed E-state index contributed by atoms with van der Waals surface area (Å²) in [6, 6.07) is 0.268. The zero-order valence-electron chi connectivity index (χ0n) is 13.8. The fraction of sp³-hybridized carbons (Fsp3) is 0.938. The highest BCUT2D eigenvalue weighted by atomic mass is 35.5. The summed E-state index contributed by atoms with van der Waals surface area (Å²) in [7, 11) is 0. The predicted molar refractivity (Wildman–Crippen MR) is 95.1 cm³/mol. The van der Waals surface area contributed by atoms with Crippen molar-refractivity contribution in [3.8, 4) is 0 Å². The van der Waals surface area contributed by atoms with Crippen molar-refractivity contribution in [2.75, 3.05) is 13.1 Å². The Morgan fingerprint density at radius 3 is 2.41 bits per heavy atom. The Hall–Kier alpha value is -0.0300. The summed E-state index contributed by atoms with van der Waals surface area (Å²) in [6.07, 6.45) is 7.86. The van der Waals surface area contributed by atoms with E-state index in [1.54, 1.807) is 0 Å². The molecule has 0 aromatic heterocycles. The van der Waals surface area contributed by atoms with Gasteiger partial charge in [0.25, 0.3) is 0 Å². The first kappa shape index (κ1) is 22.0. The van der Waals surface area contributed by atoms with Gasteiger partial charge in [0, 0.05) is 12.6 Å². The van der Waals surface area contributed by atoms with Crippen molar-refractivity contribution < 1.29 is 9.53 Å². The van der Waals surface area contributed by atoms with Gasteiger partial charge in [-0.3, -0.25) is 4.79 Å². The first-order valence-corrected chi connectivity index (χ1v) is 8.32. The second-order valence-electron chi connectivity index (χ2n) is 6.74. The van der Waals surface area contributed by atoms with E-state index in [9.17, 15) is 4.79 Å². The standard InChI is InChI=1S/C16H30N2O2.2ClH/c1-12(2)10-15(18-13-6-5-9-17-11-13)16(19)20-14-7-3-4-8-14;;/h12-15,17-18H,3-11H2,1-2H3;2*1H/t13?,15-;;/m0../s1. The molecule has 2 atom stereocenters. The van der Waals surface area contributed by atoms with Crippen LogP contribution >= 0.6 is 24.8 Å². The zero-order valence-corrected chi connectivity index (χ0v) is 15.4. The summed E-state index contributed by atoms with van der Waals surface area (Å²) in [5.74, 6) is 0.469. The average Bonchev–Trinajstić information content (AvgIpc) is 2.91. The van der Waals surface area contributed by atoms with E-state index in [4.69, 9.17) is 4.74 Å². The molecule has 2 aliphatic rings. The number of halogens is 2. The van der Waals surface area contributed by atoms with E-state index in [1.165, 1.54) is 19.3 Å². The van der Waals surface area contributed by atoms with Crippen LogP contribution in [-0.2, 0) is 9.53 Å².